The fraction of sp³-hybridized carbons (Fsp3) is 0.211. The Hall–Kier alpha value is -2.95. The summed E-state index contributed by atoms with van der Waals surface area (Å²) in [4.78, 5) is 20.2. The van der Waals surface area contributed by atoms with Crippen LogP contribution in [0.5, 0.6) is 5.75 Å². The molecule has 2 aromatic rings. The standard InChI is InChI=1S/C19H19N3O2/c23-19(16-4-3-10-20-13-16)22-12-15-6-8-18(9-7-15)24-14-17-5-1-2-11-21-17/h3-11,13H,1-2,12,14H2,(H,22,23). The average molecular weight is 321 g/mol. The van der Waals surface area contributed by atoms with Crippen LogP contribution in [-0.2, 0) is 6.54 Å². The summed E-state index contributed by atoms with van der Waals surface area (Å²) in [5.41, 5.74) is 2.53. The highest BCUT2D eigenvalue weighted by Crippen LogP contribution is 2.15. The van der Waals surface area contributed by atoms with E-state index in [2.05, 4.69) is 21.4 Å². The van der Waals surface area contributed by atoms with E-state index < -0.39 is 0 Å². The van der Waals surface area contributed by atoms with Crippen LogP contribution in [0.3, 0.4) is 0 Å². The number of hydrogen-bond acceptors (Lipinski definition) is 4. The smallest absolute Gasteiger partial charge is 0.253 e. The molecule has 0 atom stereocenters. The van der Waals surface area contributed by atoms with Gasteiger partial charge in [-0.2, -0.15) is 0 Å². The number of pyridine rings is 1. The lowest BCUT2D eigenvalue weighted by molar-refractivity contribution is 0.0950. The van der Waals surface area contributed by atoms with Gasteiger partial charge in [-0.1, -0.05) is 18.2 Å². The number of ether oxygens (including phenoxy) is 1. The molecule has 3 rings (SSSR count). The molecule has 5 heteroatoms. The minimum absolute atomic E-state index is 0.134. The second-order valence-corrected chi connectivity index (χ2v) is 5.44. The van der Waals surface area contributed by atoms with Crippen molar-refractivity contribution in [1.29, 1.82) is 0 Å². The number of hydrogen-bond donors (Lipinski definition) is 1. The molecule has 5 nitrogen and oxygen atoms in total. The van der Waals surface area contributed by atoms with E-state index in [-0.39, 0.29) is 5.91 Å². The molecule has 0 aliphatic carbocycles. The van der Waals surface area contributed by atoms with Crippen molar-refractivity contribution in [2.24, 2.45) is 4.99 Å². The molecule has 1 aliphatic heterocycles. The maximum absolute atomic E-state index is 12.0. The van der Waals surface area contributed by atoms with Crippen molar-refractivity contribution in [3.8, 4) is 5.75 Å². The molecule has 24 heavy (non-hydrogen) atoms. The first-order valence-electron chi connectivity index (χ1n) is 7.93. The van der Waals surface area contributed by atoms with Gasteiger partial charge in [-0.25, -0.2) is 0 Å². The number of aromatic nitrogens is 1. The summed E-state index contributed by atoms with van der Waals surface area (Å²) >= 11 is 0. The van der Waals surface area contributed by atoms with Crippen LogP contribution in [0.25, 0.3) is 0 Å². The second kappa shape index (κ2) is 8.06. The van der Waals surface area contributed by atoms with Crippen LogP contribution in [0.15, 0.2) is 65.6 Å². The molecule has 0 unspecified atom stereocenters. The van der Waals surface area contributed by atoms with Crippen molar-refractivity contribution in [1.82, 2.24) is 10.3 Å². The molecule has 0 bridgehead atoms. The van der Waals surface area contributed by atoms with Crippen LogP contribution in [0.2, 0.25) is 0 Å². The van der Waals surface area contributed by atoms with Gasteiger partial charge >= 0.3 is 0 Å². The van der Waals surface area contributed by atoms with Crippen molar-refractivity contribution in [3.05, 3.63) is 71.7 Å². The van der Waals surface area contributed by atoms with Gasteiger partial charge in [-0.15, -0.1) is 0 Å². The zero-order valence-electron chi connectivity index (χ0n) is 13.3. The summed E-state index contributed by atoms with van der Waals surface area (Å²) in [5.74, 6) is 0.657. The molecule has 1 amide bonds. The van der Waals surface area contributed by atoms with E-state index in [9.17, 15) is 4.79 Å². The molecule has 0 saturated carbocycles. The third-order valence-electron chi connectivity index (χ3n) is 3.62. The van der Waals surface area contributed by atoms with Gasteiger partial charge in [0.1, 0.15) is 12.4 Å². The zero-order chi connectivity index (χ0) is 16.6. The number of rotatable bonds is 6. The van der Waals surface area contributed by atoms with Crippen molar-refractivity contribution >= 4 is 12.1 Å². The van der Waals surface area contributed by atoms with Gasteiger partial charge in [0.15, 0.2) is 0 Å². The normalized spacial score (nSPS) is 13.2. The molecule has 0 radical (unpaired) electrons. The molecule has 1 aliphatic rings. The molecule has 1 aromatic carbocycles. The maximum atomic E-state index is 12.0. The molecular weight excluding hydrogens is 302 g/mol. The number of nitrogens with one attached hydrogen (secondary N) is 1. The first-order valence-corrected chi connectivity index (χ1v) is 7.93. The molecule has 0 saturated heterocycles. The van der Waals surface area contributed by atoms with Gasteiger partial charge in [0.2, 0.25) is 0 Å². The van der Waals surface area contributed by atoms with E-state index in [1.165, 1.54) is 0 Å². The highest BCUT2D eigenvalue weighted by Gasteiger charge is 2.05. The summed E-state index contributed by atoms with van der Waals surface area (Å²) in [5, 5.41) is 2.87. The molecule has 122 valence electrons. The van der Waals surface area contributed by atoms with Crippen LogP contribution in [-0.4, -0.2) is 23.7 Å². The van der Waals surface area contributed by atoms with Gasteiger partial charge in [-0.05, 0) is 42.7 Å². The monoisotopic (exact) mass is 321 g/mol. The topological polar surface area (TPSA) is 63.6 Å². The maximum Gasteiger partial charge on any atom is 0.253 e. The predicted molar refractivity (Wildman–Crippen MR) is 93.2 cm³/mol. The van der Waals surface area contributed by atoms with E-state index in [0.29, 0.717) is 18.7 Å². The Morgan fingerprint density at radius 2 is 2.04 bits per heavy atom. The lowest BCUT2D eigenvalue weighted by Crippen LogP contribution is -2.22. The first-order chi connectivity index (χ1) is 11.8. The van der Waals surface area contributed by atoms with Crippen molar-refractivity contribution in [3.63, 3.8) is 0 Å². The molecular formula is C19H19N3O2. The quantitative estimate of drug-likeness (QED) is 0.889. The minimum Gasteiger partial charge on any atom is -0.487 e. The van der Waals surface area contributed by atoms with Crippen LogP contribution < -0.4 is 10.1 Å². The Morgan fingerprint density at radius 3 is 2.75 bits per heavy atom. The van der Waals surface area contributed by atoms with Crippen molar-refractivity contribution in [2.45, 2.75) is 19.4 Å². The lowest BCUT2D eigenvalue weighted by atomic mass is 10.2. The Bertz CT molecular complexity index is 737. The number of nitrogens with zero attached hydrogens (tertiary/aromatic N) is 2. The third-order valence-corrected chi connectivity index (χ3v) is 3.62. The number of carbonyl (C=O) groups is 1. The van der Waals surface area contributed by atoms with E-state index in [1.807, 2.05) is 30.5 Å². The lowest BCUT2D eigenvalue weighted by Gasteiger charge is -2.10. The van der Waals surface area contributed by atoms with Crippen molar-refractivity contribution < 1.29 is 9.53 Å². The number of benzene rings is 1. The Morgan fingerprint density at radius 1 is 1.17 bits per heavy atom. The molecule has 0 fully saturated rings. The molecule has 1 N–H and O–H groups in total. The van der Waals surface area contributed by atoms with E-state index >= 15 is 0 Å². The van der Waals surface area contributed by atoms with Gasteiger partial charge < -0.3 is 10.1 Å². The largest absolute Gasteiger partial charge is 0.487 e. The second-order valence-electron chi connectivity index (χ2n) is 5.44. The van der Waals surface area contributed by atoms with Gasteiger partial charge in [0, 0.05) is 25.2 Å². The van der Waals surface area contributed by atoms with Crippen LogP contribution in [0.1, 0.15) is 28.8 Å². The van der Waals surface area contributed by atoms with Gasteiger partial charge in [0.25, 0.3) is 5.91 Å². The van der Waals surface area contributed by atoms with Gasteiger partial charge in [0.05, 0.1) is 11.3 Å². The SMILES string of the molecule is O=C(NCc1ccc(OCC2=CCCC=N2)cc1)c1cccnc1. The highest BCUT2D eigenvalue weighted by atomic mass is 16.5. The summed E-state index contributed by atoms with van der Waals surface area (Å²) < 4.78 is 5.72. The predicted octanol–water partition coefficient (Wildman–Crippen LogP) is 3.14. The summed E-state index contributed by atoms with van der Waals surface area (Å²) in [6.45, 7) is 0.942. The number of amides is 1. The third kappa shape index (κ3) is 4.52. The van der Waals surface area contributed by atoms with E-state index in [1.54, 1.807) is 24.5 Å². The summed E-state index contributed by atoms with van der Waals surface area (Å²) in [7, 11) is 0. The fourth-order valence-electron chi connectivity index (χ4n) is 2.30. The zero-order valence-corrected chi connectivity index (χ0v) is 13.3. The Labute approximate surface area is 141 Å². The Kier molecular flexibility index (Phi) is 5.35. The number of aliphatic imine (C=N–C) groups is 1. The number of carbonyl (C=O) groups excluding carboxylic acids is 1. The minimum atomic E-state index is -0.134. The van der Waals surface area contributed by atoms with E-state index in [0.717, 1.165) is 29.9 Å². The molecule has 0 spiro atoms. The fourth-order valence-corrected chi connectivity index (χ4v) is 2.30. The summed E-state index contributed by atoms with van der Waals surface area (Å²) in [6, 6.07) is 11.2. The number of allylic oxidation sites excluding steroid dienone is 1. The van der Waals surface area contributed by atoms with Gasteiger partial charge in [-0.3, -0.25) is 14.8 Å². The molecule has 2 heterocycles. The van der Waals surface area contributed by atoms with Crippen LogP contribution in [0, 0.1) is 0 Å². The molecule has 1 aromatic heterocycles. The Balaban J connectivity index is 1.48. The highest BCUT2D eigenvalue weighted by molar-refractivity contribution is 5.93. The summed E-state index contributed by atoms with van der Waals surface area (Å²) in [6.07, 6.45) is 9.24. The first kappa shape index (κ1) is 15.9. The van der Waals surface area contributed by atoms with E-state index in [4.69, 9.17) is 4.74 Å². The van der Waals surface area contributed by atoms with Crippen LogP contribution >= 0.6 is 0 Å². The van der Waals surface area contributed by atoms with Crippen LogP contribution in [0.4, 0.5) is 0 Å². The average Bonchev–Trinajstić information content (AvgIpc) is 2.67. The van der Waals surface area contributed by atoms with Crippen molar-refractivity contribution in [2.75, 3.05) is 6.61 Å².